The van der Waals surface area contributed by atoms with Gasteiger partial charge in [0.05, 0.1) is 17.9 Å². The summed E-state index contributed by atoms with van der Waals surface area (Å²) in [5.74, 6) is 3.57. The molecule has 0 bridgehead atoms. The molecular weight excluding hydrogens is 364 g/mol. The van der Waals surface area contributed by atoms with E-state index in [0.29, 0.717) is 0 Å². The minimum atomic E-state index is 0.770. The Morgan fingerprint density at radius 1 is 0.828 bits per heavy atom. The number of hydrogen-bond donors (Lipinski definition) is 0. The molecule has 0 aromatic carbocycles. The molecule has 0 aliphatic carbocycles. The molecule has 1 fully saturated rings. The monoisotopic (exact) mass is 386 g/mol. The Bertz CT molecular complexity index is 1160. The highest BCUT2D eigenvalue weighted by atomic mass is 15.3. The lowest BCUT2D eigenvalue weighted by Crippen LogP contribution is -2.47. The topological polar surface area (TPSA) is 75.9 Å². The third-order valence-corrected chi connectivity index (χ3v) is 5.16. The summed E-state index contributed by atoms with van der Waals surface area (Å²) in [7, 11) is 0. The largest absolute Gasteiger partial charge is 0.353 e. The van der Waals surface area contributed by atoms with Crippen molar-refractivity contribution in [2.45, 2.75) is 13.8 Å². The van der Waals surface area contributed by atoms with Crippen LogP contribution in [0.3, 0.4) is 0 Å². The quantitative estimate of drug-likeness (QED) is 0.535. The van der Waals surface area contributed by atoms with Crippen molar-refractivity contribution in [3.8, 4) is 5.82 Å². The van der Waals surface area contributed by atoms with Crippen LogP contribution >= 0.6 is 0 Å². The van der Waals surface area contributed by atoms with E-state index in [-0.39, 0.29) is 0 Å². The van der Waals surface area contributed by atoms with Gasteiger partial charge in [0.1, 0.15) is 17.5 Å². The first-order valence-corrected chi connectivity index (χ1v) is 9.74. The van der Waals surface area contributed by atoms with Gasteiger partial charge in [0.2, 0.25) is 0 Å². The van der Waals surface area contributed by atoms with Gasteiger partial charge in [-0.1, -0.05) is 6.07 Å². The molecule has 0 atom stereocenters. The van der Waals surface area contributed by atoms with Crippen LogP contribution in [0.4, 0.5) is 11.6 Å². The van der Waals surface area contributed by atoms with E-state index in [2.05, 4.69) is 30.9 Å². The molecule has 1 aliphatic rings. The van der Waals surface area contributed by atoms with Crippen molar-refractivity contribution >= 4 is 22.5 Å². The van der Waals surface area contributed by atoms with Crippen LogP contribution in [-0.4, -0.2) is 55.9 Å². The average molecular weight is 386 g/mol. The predicted octanol–water partition coefficient (Wildman–Crippen LogP) is 2.55. The Kier molecular flexibility index (Phi) is 4.31. The molecule has 146 valence electrons. The fourth-order valence-corrected chi connectivity index (χ4v) is 3.72. The summed E-state index contributed by atoms with van der Waals surface area (Å²) >= 11 is 0. The molecule has 0 saturated carbocycles. The number of hydrogen-bond acceptors (Lipinski definition) is 7. The molecule has 4 aromatic heterocycles. The van der Waals surface area contributed by atoms with Gasteiger partial charge in [-0.3, -0.25) is 4.98 Å². The number of rotatable bonds is 3. The number of nitrogens with zero attached hydrogens (tertiary/aromatic N) is 8. The third kappa shape index (κ3) is 3.37. The number of piperazine rings is 1. The third-order valence-electron chi connectivity index (χ3n) is 5.16. The lowest BCUT2D eigenvalue weighted by molar-refractivity contribution is 0.641. The summed E-state index contributed by atoms with van der Waals surface area (Å²) in [6.45, 7) is 7.47. The molecule has 5 rings (SSSR count). The fourth-order valence-electron chi connectivity index (χ4n) is 3.72. The molecule has 0 amide bonds. The van der Waals surface area contributed by atoms with Gasteiger partial charge >= 0.3 is 0 Å². The van der Waals surface area contributed by atoms with Crippen LogP contribution in [0, 0.1) is 13.8 Å². The van der Waals surface area contributed by atoms with Crippen LogP contribution < -0.4 is 9.80 Å². The van der Waals surface area contributed by atoms with E-state index in [9.17, 15) is 0 Å². The lowest BCUT2D eigenvalue weighted by Gasteiger charge is -2.36. The van der Waals surface area contributed by atoms with Gasteiger partial charge in [-0.05, 0) is 37.6 Å². The smallest absolute Gasteiger partial charge is 0.155 e. The first kappa shape index (κ1) is 17.5. The molecule has 0 radical (unpaired) electrons. The molecule has 1 aliphatic heterocycles. The van der Waals surface area contributed by atoms with E-state index < -0.39 is 0 Å². The Hall–Kier alpha value is -3.55. The van der Waals surface area contributed by atoms with Crippen LogP contribution in [0.25, 0.3) is 16.7 Å². The van der Waals surface area contributed by atoms with Crippen LogP contribution in [0.15, 0.2) is 49.1 Å². The van der Waals surface area contributed by atoms with E-state index in [4.69, 9.17) is 9.97 Å². The zero-order valence-electron chi connectivity index (χ0n) is 16.5. The van der Waals surface area contributed by atoms with Gasteiger partial charge in [0, 0.05) is 44.0 Å². The highest BCUT2D eigenvalue weighted by Gasteiger charge is 2.21. The molecule has 8 nitrogen and oxygen atoms in total. The summed E-state index contributed by atoms with van der Waals surface area (Å²) in [6.07, 6.45) is 7.43. The Morgan fingerprint density at radius 2 is 1.62 bits per heavy atom. The molecule has 0 N–H and O–H groups in total. The van der Waals surface area contributed by atoms with Gasteiger partial charge < -0.3 is 9.80 Å². The van der Waals surface area contributed by atoms with E-state index in [1.165, 1.54) is 0 Å². The normalized spacial score (nSPS) is 14.6. The number of aromatic nitrogens is 6. The minimum absolute atomic E-state index is 0.770. The van der Waals surface area contributed by atoms with E-state index in [1.807, 2.05) is 49.1 Å². The van der Waals surface area contributed by atoms with Crippen molar-refractivity contribution in [1.82, 2.24) is 29.7 Å². The van der Waals surface area contributed by atoms with Crippen molar-refractivity contribution in [2.24, 2.45) is 0 Å². The highest BCUT2D eigenvalue weighted by molar-refractivity contribution is 5.88. The lowest BCUT2D eigenvalue weighted by atomic mass is 10.2. The van der Waals surface area contributed by atoms with Crippen molar-refractivity contribution in [1.29, 1.82) is 0 Å². The maximum Gasteiger partial charge on any atom is 0.155 e. The zero-order chi connectivity index (χ0) is 19.8. The SMILES string of the molecule is Cc1cnn(-c2cccc(N3CCN(c4nc(C)nc5cnccc45)CC3)n2)c1. The van der Waals surface area contributed by atoms with Crippen LogP contribution in [0.5, 0.6) is 0 Å². The van der Waals surface area contributed by atoms with E-state index in [0.717, 1.165) is 65.9 Å². The fraction of sp³-hybridized carbons (Fsp3) is 0.286. The van der Waals surface area contributed by atoms with Crippen LogP contribution in [0.1, 0.15) is 11.4 Å². The molecular formula is C21H22N8. The van der Waals surface area contributed by atoms with Crippen LogP contribution in [0.2, 0.25) is 0 Å². The predicted molar refractivity (Wildman–Crippen MR) is 113 cm³/mol. The molecule has 1 saturated heterocycles. The second kappa shape index (κ2) is 7.12. The molecule has 8 heteroatoms. The van der Waals surface area contributed by atoms with E-state index >= 15 is 0 Å². The summed E-state index contributed by atoms with van der Waals surface area (Å²) < 4.78 is 1.82. The summed E-state index contributed by atoms with van der Waals surface area (Å²) in [6, 6.07) is 8.07. The van der Waals surface area contributed by atoms with Gasteiger partial charge in [-0.15, -0.1) is 0 Å². The first-order chi connectivity index (χ1) is 14.2. The van der Waals surface area contributed by atoms with E-state index in [1.54, 1.807) is 12.4 Å². The Morgan fingerprint density at radius 3 is 2.41 bits per heavy atom. The highest BCUT2D eigenvalue weighted by Crippen LogP contribution is 2.25. The maximum absolute atomic E-state index is 4.82. The second-order valence-electron chi connectivity index (χ2n) is 7.28. The molecule has 29 heavy (non-hydrogen) atoms. The Labute approximate surface area is 168 Å². The maximum atomic E-state index is 4.82. The molecule has 5 heterocycles. The molecule has 0 unspecified atom stereocenters. The van der Waals surface area contributed by atoms with Crippen molar-refractivity contribution in [3.63, 3.8) is 0 Å². The molecule has 0 spiro atoms. The number of pyridine rings is 2. The van der Waals surface area contributed by atoms with Gasteiger partial charge in [0.25, 0.3) is 0 Å². The minimum Gasteiger partial charge on any atom is -0.353 e. The molecule has 4 aromatic rings. The first-order valence-electron chi connectivity index (χ1n) is 9.74. The van der Waals surface area contributed by atoms with Gasteiger partial charge in [0.15, 0.2) is 5.82 Å². The van der Waals surface area contributed by atoms with Crippen molar-refractivity contribution < 1.29 is 0 Å². The van der Waals surface area contributed by atoms with Crippen molar-refractivity contribution in [3.05, 3.63) is 60.4 Å². The van der Waals surface area contributed by atoms with Gasteiger partial charge in [-0.2, -0.15) is 5.10 Å². The second-order valence-corrected chi connectivity index (χ2v) is 7.28. The van der Waals surface area contributed by atoms with Crippen LogP contribution in [-0.2, 0) is 0 Å². The summed E-state index contributed by atoms with van der Waals surface area (Å²) in [5.41, 5.74) is 2.01. The number of anilines is 2. The standard InChI is InChI=1S/C21H22N8/c1-15-12-23-29(14-15)20-5-3-4-19(26-20)27-8-10-28(11-9-27)21-17-6-7-22-13-18(17)24-16(2)25-21/h3-7,12-14H,8-11H2,1-2H3. The van der Waals surface area contributed by atoms with Gasteiger partial charge in [-0.25, -0.2) is 19.6 Å². The average Bonchev–Trinajstić information content (AvgIpc) is 3.20. The number of fused-ring (bicyclic) bond motifs is 1. The van der Waals surface area contributed by atoms with Crippen molar-refractivity contribution in [2.75, 3.05) is 36.0 Å². The number of aryl methyl sites for hydroxylation is 2. The Balaban J connectivity index is 1.36. The summed E-state index contributed by atoms with van der Waals surface area (Å²) in [4.78, 5) is 22.9. The summed E-state index contributed by atoms with van der Waals surface area (Å²) in [5, 5.41) is 5.42. The zero-order valence-corrected chi connectivity index (χ0v) is 16.5.